The van der Waals surface area contributed by atoms with Gasteiger partial charge in [0, 0.05) is 18.9 Å². The number of allylic oxidation sites excluding steroid dienone is 1. The van der Waals surface area contributed by atoms with Crippen LogP contribution in [0.4, 0.5) is 0 Å². The highest BCUT2D eigenvalue weighted by Crippen LogP contribution is 2.77. The number of rotatable bonds is 4. The van der Waals surface area contributed by atoms with Gasteiger partial charge in [-0.15, -0.1) is 0 Å². The van der Waals surface area contributed by atoms with Crippen molar-refractivity contribution >= 4 is 11.9 Å². The van der Waals surface area contributed by atoms with E-state index in [-0.39, 0.29) is 45.1 Å². The maximum absolute atomic E-state index is 13.4. The van der Waals surface area contributed by atoms with E-state index in [9.17, 15) is 14.7 Å². The van der Waals surface area contributed by atoms with E-state index in [4.69, 9.17) is 4.74 Å². The van der Waals surface area contributed by atoms with E-state index in [2.05, 4.69) is 48.1 Å². The average molecular weight is 582 g/mol. The number of amides is 1. The Morgan fingerprint density at radius 1 is 0.857 bits per heavy atom. The molecule has 1 heterocycles. The van der Waals surface area contributed by atoms with E-state index < -0.39 is 6.04 Å². The number of aliphatic hydroxyl groups is 1. The van der Waals surface area contributed by atoms with Crippen LogP contribution in [0.2, 0.25) is 0 Å². The van der Waals surface area contributed by atoms with Crippen molar-refractivity contribution in [1.29, 1.82) is 0 Å². The van der Waals surface area contributed by atoms with E-state index in [0.717, 1.165) is 44.9 Å². The van der Waals surface area contributed by atoms with Crippen molar-refractivity contribution in [2.75, 3.05) is 13.2 Å². The van der Waals surface area contributed by atoms with Crippen LogP contribution >= 0.6 is 0 Å². The Labute approximate surface area is 255 Å². The van der Waals surface area contributed by atoms with Crippen molar-refractivity contribution < 1.29 is 19.4 Å². The minimum absolute atomic E-state index is 0.0182. The molecule has 6 aliphatic rings. The smallest absolute Gasteiger partial charge is 0.328 e. The van der Waals surface area contributed by atoms with E-state index in [1.807, 2.05) is 0 Å². The molecule has 42 heavy (non-hydrogen) atoms. The van der Waals surface area contributed by atoms with Gasteiger partial charge in [-0.3, -0.25) is 4.79 Å². The maximum atomic E-state index is 13.4. The van der Waals surface area contributed by atoms with Gasteiger partial charge in [0.25, 0.3) is 0 Å². The first-order valence-corrected chi connectivity index (χ1v) is 17.4. The molecule has 1 aliphatic heterocycles. The fraction of sp³-hybridized carbons (Fsp3) is 0.892. The molecular formula is C37H59NO4. The highest BCUT2D eigenvalue weighted by atomic mass is 16.5. The number of carbonyl (C=O) groups is 2. The first-order chi connectivity index (χ1) is 19.6. The molecule has 6 fully saturated rings. The Morgan fingerprint density at radius 2 is 1.60 bits per heavy atom. The Hall–Kier alpha value is -1.36. The SMILES string of the molecule is C=C(C)[C@@H]1CC[C@]2(COC(=O)C3CCCN3C(C)=O)CC[C@]3(C)C(CC[C@@H]4[C@@]5(C)CC[C@H](O)C(C)(C)[C@@H]5CC[C@]43C)[C@@H]12. The number of hydrogen-bond acceptors (Lipinski definition) is 4. The van der Waals surface area contributed by atoms with Gasteiger partial charge in [-0.05, 0) is 135 Å². The lowest BCUT2D eigenvalue weighted by Gasteiger charge is -2.73. The molecule has 0 radical (unpaired) electrons. The second-order valence-electron chi connectivity index (χ2n) is 17.4. The highest BCUT2D eigenvalue weighted by Gasteiger charge is 2.71. The molecule has 1 saturated heterocycles. The van der Waals surface area contributed by atoms with E-state index in [1.165, 1.54) is 37.7 Å². The lowest BCUT2D eigenvalue weighted by atomic mass is 9.32. The van der Waals surface area contributed by atoms with Crippen LogP contribution in [-0.4, -0.2) is 47.2 Å². The van der Waals surface area contributed by atoms with Crippen molar-refractivity contribution in [3.8, 4) is 0 Å². The average Bonchev–Trinajstić information content (AvgIpc) is 3.56. The van der Waals surface area contributed by atoms with Gasteiger partial charge < -0.3 is 14.7 Å². The molecule has 11 atom stereocenters. The molecule has 1 N–H and O–H groups in total. The van der Waals surface area contributed by atoms with Crippen LogP contribution in [0, 0.1) is 56.7 Å². The van der Waals surface area contributed by atoms with Gasteiger partial charge in [0.2, 0.25) is 5.91 Å². The van der Waals surface area contributed by atoms with E-state index in [1.54, 1.807) is 11.8 Å². The Balaban J connectivity index is 1.29. The molecule has 5 heteroatoms. The summed E-state index contributed by atoms with van der Waals surface area (Å²) in [7, 11) is 0. The molecule has 0 aromatic heterocycles. The zero-order valence-electron chi connectivity index (χ0n) is 27.8. The third kappa shape index (κ3) is 4.09. The number of fused-ring (bicyclic) bond motifs is 7. The topological polar surface area (TPSA) is 66.8 Å². The normalized spacial score (nSPS) is 49.3. The zero-order valence-corrected chi connectivity index (χ0v) is 27.8. The highest BCUT2D eigenvalue weighted by molar-refractivity contribution is 5.84. The first kappa shape index (κ1) is 30.7. The van der Waals surface area contributed by atoms with Gasteiger partial charge in [0.1, 0.15) is 6.04 Å². The van der Waals surface area contributed by atoms with Gasteiger partial charge in [-0.25, -0.2) is 4.79 Å². The van der Waals surface area contributed by atoms with Crippen molar-refractivity contribution in [1.82, 2.24) is 4.90 Å². The largest absolute Gasteiger partial charge is 0.464 e. The fourth-order valence-electron chi connectivity index (χ4n) is 13.2. The van der Waals surface area contributed by atoms with Gasteiger partial charge in [-0.1, -0.05) is 46.8 Å². The van der Waals surface area contributed by atoms with E-state index >= 15 is 0 Å². The van der Waals surface area contributed by atoms with Gasteiger partial charge in [0.05, 0.1) is 12.7 Å². The summed E-state index contributed by atoms with van der Waals surface area (Å²) in [4.78, 5) is 27.3. The molecule has 2 unspecified atom stereocenters. The lowest BCUT2D eigenvalue weighted by molar-refractivity contribution is -0.250. The van der Waals surface area contributed by atoms with Crippen molar-refractivity contribution in [3.63, 3.8) is 0 Å². The van der Waals surface area contributed by atoms with Crippen LogP contribution in [-0.2, 0) is 14.3 Å². The minimum atomic E-state index is -0.409. The van der Waals surface area contributed by atoms with Crippen LogP contribution in [0.5, 0.6) is 0 Å². The zero-order chi connectivity index (χ0) is 30.5. The summed E-state index contributed by atoms with van der Waals surface area (Å²) in [5.74, 6) is 2.66. The van der Waals surface area contributed by atoms with Crippen LogP contribution in [0.25, 0.3) is 0 Å². The summed E-state index contributed by atoms with van der Waals surface area (Å²) in [5, 5.41) is 11.0. The van der Waals surface area contributed by atoms with Gasteiger partial charge >= 0.3 is 5.97 Å². The molecule has 0 aromatic rings. The van der Waals surface area contributed by atoms with Crippen molar-refractivity contribution in [2.45, 2.75) is 138 Å². The quantitative estimate of drug-likeness (QED) is 0.275. The molecular weight excluding hydrogens is 522 g/mol. The Morgan fingerprint density at radius 3 is 2.29 bits per heavy atom. The number of esters is 1. The second-order valence-corrected chi connectivity index (χ2v) is 17.4. The summed E-state index contributed by atoms with van der Waals surface area (Å²) in [6.07, 6.45) is 13.1. The summed E-state index contributed by atoms with van der Waals surface area (Å²) < 4.78 is 6.26. The van der Waals surface area contributed by atoms with Crippen LogP contribution in [0.3, 0.4) is 0 Å². The molecule has 1 amide bonds. The lowest BCUT2D eigenvalue weighted by Crippen LogP contribution is -2.66. The predicted octanol–water partition coefficient (Wildman–Crippen LogP) is 7.56. The predicted molar refractivity (Wildman–Crippen MR) is 166 cm³/mol. The van der Waals surface area contributed by atoms with Crippen LogP contribution in [0.1, 0.15) is 126 Å². The molecule has 0 spiro atoms. The molecule has 236 valence electrons. The number of likely N-dealkylation sites (tertiary alicyclic amines) is 1. The maximum Gasteiger partial charge on any atom is 0.328 e. The third-order valence-electron chi connectivity index (χ3n) is 15.7. The Kier molecular flexibility index (Phi) is 7.35. The third-order valence-corrected chi connectivity index (χ3v) is 15.7. The van der Waals surface area contributed by atoms with Crippen LogP contribution in [0.15, 0.2) is 12.2 Å². The van der Waals surface area contributed by atoms with Crippen molar-refractivity contribution in [3.05, 3.63) is 12.2 Å². The summed E-state index contributed by atoms with van der Waals surface area (Å²) in [5.41, 5.74) is 2.10. The van der Waals surface area contributed by atoms with Crippen LogP contribution < -0.4 is 0 Å². The number of ether oxygens (including phenoxy) is 1. The summed E-state index contributed by atoms with van der Waals surface area (Å²) >= 11 is 0. The standard InChI is InChI=1S/C37H59NO4/c1-23(2)25-13-18-37(22-42-32(41)27-10-9-21-38(27)24(3)39)20-19-35(7)26(31(25)37)11-12-29-34(6)16-15-30(40)33(4,5)28(34)14-17-36(29,35)8/h25-31,40H,1,9-22H2,2-8H3/t25-,26?,27?,28-,29+,30-,31+,34-,35+,36+,37+/m0/s1. The number of aliphatic hydroxyl groups excluding tert-OH is 1. The summed E-state index contributed by atoms with van der Waals surface area (Å²) in [6.45, 7) is 22.1. The number of carbonyl (C=O) groups excluding carboxylic acids is 2. The monoisotopic (exact) mass is 581 g/mol. The van der Waals surface area contributed by atoms with Crippen molar-refractivity contribution in [2.24, 2.45) is 56.7 Å². The number of nitrogens with zero attached hydrogens (tertiary/aromatic N) is 1. The Bertz CT molecular complexity index is 1130. The van der Waals surface area contributed by atoms with E-state index in [0.29, 0.717) is 42.7 Å². The molecule has 5 saturated carbocycles. The van der Waals surface area contributed by atoms with Gasteiger partial charge in [0.15, 0.2) is 0 Å². The summed E-state index contributed by atoms with van der Waals surface area (Å²) in [6, 6.07) is -0.409. The molecule has 6 rings (SSSR count). The fourth-order valence-corrected chi connectivity index (χ4v) is 13.2. The minimum Gasteiger partial charge on any atom is -0.464 e. The first-order valence-electron chi connectivity index (χ1n) is 17.4. The molecule has 0 bridgehead atoms. The molecule has 0 aromatic carbocycles. The number of hydrogen-bond donors (Lipinski definition) is 1. The van der Waals surface area contributed by atoms with Gasteiger partial charge in [-0.2, -0.15) is 0 Å². The molecule has 5 aliphatic carbocycles. The second kappa shape index (κ2) is 10.1. The molecule has 5 nitrogen and oxygen atoms in total.